The largest absolute Gasteiger partial charge is 0.352 e. The first-order chi connectivity index (χ1) is 13.4. The molecule has 1 aromatic heterocycles. The topological polar surface area (TPSA) is 58.2 Å². The third-order valence-corrected chi connectivity index (χ3v) is 5.30. The molecule has 0 aliphatic rings. The molecule has 1 unspecified atom stereocenters. The number of carbonyl (C=O) groups is 2. The molecule has 0 saturated heterocycles. The quantitative estimate of drug-likeness (QED) is 0.553. The van der Waals surface area contributed by atoms with E-state index >= 15 is 0 Å². The van der Waals surface area contributed by atoms with E-state index in [4.69, 9.17) is 0 Å². The van der Waals surface area contributed by atoms with Gasteiger partial charge in [0.05, 0.1) is 6.04 Å². The summed E-state index contributed by atoms with van der Waals surface area (Å²) in [6, 6.07) is 10.4. The minimum absolute atomic E-state index is 0.000924. The molecule has 0 radical (unpaired) electrons. The van der Waals surface area contributed by atoms with Crippen LogP contribution >= 0.6 is 11.3 Å². The summed E-state index contributed by atoms with van der Waals surface area (Å²) < 4.78 is 0. The van der Waals surface area contributed by atoms with Gasteiger partial charge in [-0.15, -0.1) is 0 Å². The zero-order valence-electron chi connectivity index (χ0n) is 17.3. The molecular formula is C23H32N2O2S. The van der Waals surface area contributed by atoms with Gasteiger partial charge in [-0.2, -0.15) is 11.3 Å². The van der Waals surface area contributed by atoms with Crippen molar-refractivity contribution in [3.8, 4) is 0 Å². The maximum atomic E-state index is 12.4. The molecule has 0 aliphatic carbocycles. The Morgan fingerprint density at radius 1 is 1.04 bits per heavy atom. The maximum absolute atomic E-state index is 12.4. The maximum Gasteiger partial charge on any atom is 0.252 e. The molecule has 1 heterocycles. The summed E-state index contributed by atoms with van der Waals surface area (Å²) in [7, 11) is 0. The molecule has 2 rings (SSSR count). The van der Waals surface area contributed by atoms with Crippen LogP contribution in [0.15, 0.2) is 41.1 Å². The van der Waals surface area contributed by atoms with Crippen LogP contribution < -0.4 is 10.6 Å². The van der Waals surface area contributed by atoms with Crippen LogP contribution in [-0.4, -0.2) is 18.4 Å². The molecule has 0 bridgehead atoms. The summed E-state index contributed by atoms with van der Waals surface area (Å²) in [5, 5.41) is 9.72. The summed E-state index contributed by atoms with van der Waals surface area (Å²) >= 11 is 1.50. The molecule has 5 heteroatoms. The minimum Gasteiger partial charge on any atom is -0.352 e. The van der Waals surface area contributed by atoms with Crippen LogP contribution in [0.3, 0.4) is 0 Å². The van der Waals surface area contributed by atoms with Gasteiger partial charge in [0.1, 0.15) is 0 Å². The molecule has 0 saturated carbocycles. The number of nitrogens with one attached hydrogen (secondary N) is 2. The van der Waals surface area contributed by atoms with Crippen molar-refractivity contribution < 1.29 is 9.59 Å². The highest BCUT2D eigenvalue weighted by Gasteiger charge is 2.18. The van der Waals surface area contributed by atoms with Crippen LogP contribution in [0.5, 0.6) is 0 Å². The SMILES string of the molecule is CC(C)Cc1ccc(C(NC(=O)CCCNC(=O)c2ccsc2)C(C)C)cc1. The number of thiophene rings is 1. The van der Waals surface area contributed by atoms with E-state index in [0.29, 0.717) is 36.8 Å². The molecule has 4 nitrogen and oxygen atoms in total. The zero-order valence-corrected chi connectivity index (χ0v) is 18.1. The van der Waals surface area contributed by atoms with Crippen LogP contribution in [0, 0.1) is 11.8 Å². The molecule has 1 atom stereocenters. The van der Waals surface area contributed by atoms with Crippen molar-refractivity contribution in [2.75, 3.05) is 6.54 Å². The Bertz CT molecular complexity index is 736. The van der Waals surface area contributed by atoms with E-state index in [9.17, 15) is 9.59 Å². The minimum atomic E-state index is -0.0804. The first-order valence-electron chi connectivity index (χ1n) is 10.1. The number of benzene rings is 1. The van der Waals surface area contributed by atoms with Gasteiger partial charge in [-0.05, 0) is 47.3 Å². The van der Waals surface area contributed by atoms with Gasteiger partial charge in [0.15, 0.2) is 0 Å². The number of hydrogen-bond donors (Lipinski definition) is 2. The molecule has 1 aromatic carbocycles. The number of amides is 2. The van der Waals surface area contributed by atoms with Gasteiger partial charge in [0.25, 0.3) is 5.91 Å². The highest BCUT2D eigenvalue weighted by molar-refractivity contribution is 7.08. The van der Waals surface area contributed by atoms with Gasteiger partial charge in [0.2, 0.25) is 5.91 Å². The highest BCUT2D eigenvalue weighted by atomic mass is 32.1. The molecule has 2 aromatic rings. The van der Waals surface area contributed by atoms with Crippen LogP contribution in [0.25, 0.3) is 0 Å². The molecule has 0 fully saturated rings. The Balaban J connectivity index is 1.81. The number of rotatable bonds is 10. The predicted molar refractivity (Wildman–Crippen MR) is 117 cm³/mol. The van der Waals surface area contributed by atoms with E-state index < -0.39 is 0 Å². The van der Waals surface area contributed by atoms with Crippen LogP contribution in [0.2, 0.25) is 0 Å². The van der Waals surface area contributed by atoms with Gasteiger partial charge < -0.3 is 10.6 Å². The lowest BCUT2D eigenvalue weighted by Crippen LogP contribution is -2.32. The van der Waals surface area contributed by atoms with Crippen molar-refractivity contribution in [1.82, 2.24) is 10.6 Å². The second-order valence-electron chi connectivity index (χ2n) is 8.00. The van der Waals surface area contributed by atoms with E-state index in [1.807, 2.05) is 10.8 Å². The van der Waals surface area contributed by atoms with Crippen molar-refractivity contribution in [2.24, 2.45) is 11.8 Å². The third-order valence-electron chi connectivity index (χ3n) is 4.62. The lowest BCUT2D eigenvalue weighted by molar-refractivity contribution is -0.122. The van der Waals surface area contributed by atoms with E-state index in [-0.39, 0.29) is 17.9 Å². The Labute approximate surface area is 172 Å². The monoisotopic (exact) mass is 400 g/mol. The standard InChI is InChI=1S/C23H32N2O2S/c1-16(2)14-18-7-9-19(10-8-18)22(17(3)4)25-21(26)6-5-12-24-23(27)20-11-13-28-15-20/h7-11,13,15-17,22H,5-6,12,14H2,1-4H3,(H,24,27)(H,25,26). The molecule has 28 heavy (non-hydrogen) atoms. The van der Waals surface area contributed by atoms with Gasteiger partial charge in [-0.25, -0.2) is 0 Å². The zero-order chi connectivity index (χ0) is 20.5. The Kier molecular flexibility index (Phi) is 8.71. The van der Waals surface area contributed by atoms with E-state index in [1.54, 1.807) is 6.07 Å². The molecular weight excluding hydrogens is 368 g/mol. The second-order valence-corrected chi connectivity index (χ2v) is 8.78. The molecule has 0 spiro atoms. The predicted octanol–water partition coefficient (Wildman–Crippen LogP) is 4.97. The van der Waals surface area contributed by atoms with Gasteiger partial charge >= 0.3 is 0 Å². The second kappa shape index (κ2) is 11.0. The summed E-state index contributed by atoms with van der Waals surface area (Å²) in [4.78, 5) is 24.3. The van der Waals surface area contributed by atoms with Gasteiger partial charge in [-0.1, -0.05) is 52.0 Å². The Hall–Kier alpha value is -2.14. The summed E-state index contributed by atoms with van der Waals surface area (Å²) in [5.41, 5.74) is 3.14. The first kappa shape index (κ1) is 22.2. The lowest BCUT2D eigenvalue weighted by atomic mass is 9.93. The van der Waals surface area contributed by atoms with Crippen LogP contribution in [-0.2, 0) is 11.2 Å². The fourth-order valence-electron chi connectivity index (χ4n) is 3.16. The fourth-order valence-corrected chi connectivity index (χ4v) is 3.80. The average Bonchev–Trinajstić information content (AvgIpc) is 3.18. The first-order valence-corrected chi connectivity index (χ1v) is 11.0. The normalized spacial score (nSPS) is 12.2. The van der Waals surface area contributed by atoms with Crippen molar-refractivity contribution in [1.29, 1.82) is 0 Å². The van der Waals surface area contributed by atoms with Crippen LogP contribution in [0.4, 0.5) is 0 Å². The third kappa shape index (κ3) is 7.12. The molecule has 152 valence electrons. The van der Waals surface area contributed by atoms with E-state index in [1.165, 1.54) is 16.9 Å². The Morgan fingerprint density at radius 3 is 2.32 bits per heavy atom. The lowest BCUT2D eigenvalue weighted by Gasteiger charge is -2.23. The van der Waals surface area contributed by atoms with Gasteiger partial charge in [-0.3, -0.25) is 9.59 Å². The average molecular weight is 401 g/mol. The van der Waals surface area contributed by atoms with E-state index in [2.05, 4.69) is 62.6 Å². The summed E-state index contributed by atoms with van der Waals surface area (Å²) in [6.45, 7) is 9.17. The number of carbonyl (C=O) groups excluding carboxylic acids is 2. The summed E-state index contributed by atoms with van der Waals surface area (Å²) in [6.07, 6.45) is 2.09. The van der Waals surface area contributed by atoms with Crippen LogP contribution in [0.1, 0.15) is 68.1 Å². The molecule has 0 aliphatic heterocycles. The van der Waals surface area contributed by atoms with Gasteiger partial charge in [0, 0.05) is 23.9 Å². The fraction of sp³-hybridized carbons (Fsp3) is 0.478. The van der Waals surface area contributed by atoms with Crippen molar-refractivity contribution in [3.63, 3.8) is 0 Å². The molecule has 2 amide bonds. The highest BCUT2D eigenvalue weighted by Crippen LogP contribution is 2.23. The van der Waals surface area contributed by atoms with Crippen molar-refractivity contribution in [3.05, 3.63) is 57.8 Å². The van der Waals surface area contributed by atoms with E-state index in [0.717, 1.165) is 12.0 Å². The number of hydrogen-bond acceptors (Lipinski definition) is 3. The van der Waals surface area contributed by atoms with Crippen molar-refractivity contribution in [2.45, 2.75) is 53.0 Å². The van der Waals surface area contributed by atoms with Crippen molar-refractivity contribution >= 4 is 23.2 Å². The summed E-state index contributed by atoms with van der Waals surface area (Å²) in [5.74, 6) is 0.878. The Morgan fingerprint density at radius 2 is 1.75 bits per heavy atom. The molecule has 2 N–H and O–H groups in total. The smallest absolute Gasteiger partial charge is 0.252 e.